The molecule has 2 amide bonds. The van der Waals surface area contributed by atoms with Crippen molar-refractivity contribution in [2.75, 3.05) is 13.7 Å². The van der Waals surface area contributed by atoms with E-state index < -0.39 is 5.97 Å². The van der Waals surface area contributed by atoms with Crippen LogP contribution >= 0.6 is 0 Å². The van der Waals surface area contributed by atoms with Crippen molar-refractivity contribution in [3.8, 4) is 0 Å². The number of esters is 1. The molecule has 0 bridgehead atoms. The Hall–Kier alpha value is -3.41. The standard InChI is InChI=1S/C34H50N2O4/c1-3-4-5-6-7-8-9-10-11-12-13-14-15-16-17-18-19-20-21-22-32(37)35-29-30-23-25-31(26-24-30)36-33(38)27-28-34(39)40-2/h4-5,7-8,10-11,13-14,16-17,19-20,27-28,30-31H,3,6,9,12,15,18,21-26,29H2,1-2H3,(H,35,37)(H,36,38)/b5-4-,8-7-,11-10-,14-13-,17-16-,20-19-,28-27?. The van der Waals surface area contributed by atoms with Gasteiger partial charge in [0.25, 0.3) is 0 Å². The first-order valence-corrected chi connectivity index (χ1v) is 14.8. The molecule has 0 atom stereocenters. The quantitative estimate of drug-likeness (QED) is 0.103. The van der Waals surface area contributed by atoms with Gasteiger partial charge < -0.3 is 15.4 Å². The van der Waals surface area contributed by atoms with E-state index in [0.29, 0.717) is 18.9 Å². The van der Waals surface area contributed by atoms with E-state index >= 15 is 0 Å². The van der Waals surface area contributed by atoms with Crippen LogP contribution in [0.25, 0.3) is 0 Å². The van der Waals surface area contributed by atoms with E-state index in [2.05, 4.69) is 95.2 Å². The lowest BCUT2D eigenvalue weighted by Crippen LogP contribution is -2.39. The number of hydrogen-bond donors (Lipinski definition) is 2. The van der Waals surface area contributed by atoms with Gasteiger partial charge >= 0.3 is 5.97 Å². The highest BCUT2D eigenvalue weighted by molar-refractivity contribution is 5.94. The minimum absolute atomic E-state index is 0.0860. The van der Waals surface area contributed by atoms with Crippen molar-refractivity contribution in [1.29, 1.82) is 0 Å². The summed E-state index contributed by atoms with van der Waals surface area (Å²) in [5, 5.41) is 5.97. The Labute approximate surface area is 242 Å². The topological polar surface area (TPSA) is 84.5 Å². The molecule has 0 heterocycles. The Balaban J connectivity index is 2.02. The van der Waals surface area contributed by atoms with Gasteiger partial charge in [0.15, 0.2) is 0 Å². The molecule has 0 spiro atoms. The lowest BCUT2D eigenvalue weighted by atomic mass is 9.86. The Bertz CT molecular complexity index is 916. The summed E-state index contributed by atoms with van der Waals surface area (Å²) in [6, 6.07) is 0.106. The number of allylic oxidation sites excluding steroid dienone is 12. The summed E-state index contributed by atoms with van der Waals surface area (Å²) in [5.41, 5.74) is 0. The van der Waals surface area contributed by atoms with E-state index in [1.54, 1.807) is 0 Å². The normalized spacial score (nSPS) is 18.4. The molecule has 1 rings (SSSR count). The van der Waals surface area contributed by atoms with Crippen LogP contribution in [0.5, 0.6) is 0 Å². The number of carbonyl (C=O) groups excluding carboxylic acids is 3. The summed E-state index contributed by atoms with van der Waals surface area (Å²) in [4.78, 5) is 35.1. The van der Waals surface area contributed by atoms with Crippen LogP contribution in [0.1, 0.15) is 84.0 Å². The van der Waals surface area contributed by atoms with Crippen LogP contribution in [-0.4, -0.2) is 37.5 Å². The van der Waals surface area contributed by atoms with Crippen LogP contribution in [0, 0.1) is 5.92 Å². The maximum Gasteiger partial charge on any atom is 0.330 e. The zero-order valence-electron chi connectivity index (χ0n) is 24.6. The third kappa shape index (κ3) is 20.5. The average molecular weight is 551 g/mol. The van der Waals surface area contributed by atoms with E-state index in [4.69, 9.17) is 0 Å². The highest BCUT2D eigenvalue weighted by Crippen LogP contribution is 2.23. The zero-order chi connectivity index (χ0) is 29.1. The number of ether oxygens (including phenoxy) is 1. The minimum atomic E-state index is -0.546. The molecule has 220 valence electrons. The summed E-state index contributed by atoms with van der Waals surface area (Å²) in [6.45, 7) is 2.83. The molecule has 40 heavy (non-hydrogen) atoms. The fraction of sp³-hybridized carbons (Fsp3) is 0.500. The zero-order valence-corrected chi connectivity index (χ0v) is 24.6. The summed E-state index contributed by atoms with van der Waals surface area (Å²) < 4.78 is 4.48. The van der Waals surface area contributed by atoms with Crippen molar-refractivity contribution in [1.82, 2.24) is 10.6 Å². The molecule has 1 aliphatic rings. The first-order chi connectivity index (χ1) is 19.5. The maximum absolute atomic E-state index is 12.2. The molecule has 6 nitrogen and oxygen atoms in total. The predicted octanol–water partition coefficient (Wildman–Crippen LogP) is 6.98. The first-order valence-electron chi connectivity index (χ1n) is 14.8. The van der Waals surface area contributed by atoms with Gasteiger partial charge in [-0.2, -0.15) is 0 Å². The van der Waals surface area contributed by atoms with Gasteiger partial charge in [-0.15, -0.1) is 0 Å². The summed E-state index contributed by atoms with van der Waals surface area (Å²) in [5.74, 6) is -0.302. The molecule has 0 aromatic heterocycles. The summed E-state index contributed by atoms with van der Waals surface area (Å²) in [6.07, 6.45) is 39.2. The fourth-order valence-corrected chi connectivity index (χ4v) is 4.17. The van der Waals surface area contributed by atoms with Crippen LogP contribution in [0.2, 0.25) is 0 Å². The van der Waals surface area contributed by atoms with E-state index in [9.17, 15) is 14.4 Å². The summed E-state index contributed by atoms with van der Waals surface area (Å²) >= 11 is 0. The lowest BCUT2D eigenvalue weighted by molar-refractivity contribution is -0.135. The second-order valence-corrected chi connectivity index (χ2v) is 9.84. The first kappa shape index (κ1) is 34.6. The SMILES string of the molecule is CC/C=C\C/C=C\C/C=C\C/C=C\C/C=C\C/C=C\CCC(=O)NCC1CCC(NC(=O)C=CC(=O)OC)CC1. The van der Waals surface area contributed by atoms with Gasteiger partial charge in [-0.3, -0.25) is 9.59 Å². The maximum atomic E-state index is 12.2. The van der Waals surface area contributed by atoms with Gasteiger partial charge in [0.2, 0.25) is 11.8 Å². The molecule has 1 fully saturated rings. The second-order valence-electron chi connectivity index (χ2n) is 9.84. The second kappa shape index (κ2) is 24.6. The monoisotopic (exact) mass is 550 g/mol. The van der Waals surface area contributed by atoms with Crippen molar-refractivity contribution in [2.24, 2.45) is 5.92 Å². The van der Waals surface area contributed by atoms with Crippen LogP contribution in [0.3, 0.4) is 0 Å². The number of amides is 2. The van der Waals surface area contributed by atoms with Gasteiger partial charge in [-0.05, 0) is 76.5 Å². The van der Waals surface area contributed by atoms with E-state index in [1.807, 2.05) is 0 Å². The predicted molar refractivity (Wildman–Crippen MR) is 166 cm³/mol. The summed E-state index contributed by atoms with van der Waals surface area (Å²) in [7, 11) is 1.27. The average Bonchev–Trinajstić information content (AvgIpc) is 2.96. The van der Waals surface area contributed by atoms with E-state index in [0.717, 1.165) is 76.7 Å². The molecule has 0 unspecified atom stereocenters. The highest BCUT2D eigenvalue weighted by Gasteiger charge is 2.22. The van der Waals surface area contributed by atoms with Crippen molar-refractivity contribution < 1.29 is 19.1 Å². The van der Waals surface area contributed by atoms with Gasteiger partial charge in [0, 0.05) is 31.2 Å². The number of hydrogen-bond acceptors (Lipinski definition) is 4. The highest BCUT2D eigenvalue weighted by atomic mass is 16.5. The number of rotatable bonds is 19. The smallest absolute Gasteiger partial charge is 0.330 e. The molecule has 0 aromatic carbocycles. The van der Waals surface area contributed by atoms with E-state index in [-0.39, 0.29) is 17.9 Å². The molecule has 2 N–H and O–H groups in total. The Morgan fingerprint density at radius 3 is 1.70 bits per heavy atom. The molecule has 0 aromatic rings. The molecule has 0 saturated heterocycles. The van der Waals surface area contributed by atoms with Crippen molar-refractivity contribution in [3.05, 3.63) is 85.1 Å². The van der Waals surface area contributed by atoms with Gasteiger partial charge in [-0.25, -0.2) is 4.79 Å². The van der Waals surface area contributed by atoms with Gasteiger partial charge in [0.1, 0.15) is 0 Å². The lowest BCUT2D eigenvalue weighted by Gasteiger charge is -2.28. The van der Waals surface area contributed by atoms with Crippen LogP contribution in [0.4, 0.5) is 0 Å². The fourth-order valence-electron chi connectivity index (χ4n) is 4.17. The van der Waals surface area contributed by atoms with Crippen molar-refractivity contribution >= 4 is 17.8 Å². The number of methoxy groups -OCH3 is 1. The molecule has 6 heteroatoms. The largest absolute Gasteiger partial charge is 0.466 e. The van der Waals surface area contributed by atoms with E-state index in [1.165, 1.54) is 13.2 Å². The van der Waals surface area contributed by atoms with Crippen molar-refractivity contribution in [3.63, 3.8) is 0 Å². The molecular weight excluding hydrogens is 500 g/mol. The Kier molecular flexibility index (Phi) is 21.3. The van der Waals surface area contributed by atoms with Crippen LogP contribution in [0.15, 0.2) is 85.1 Å². The number of nitrogens with one attached hydrogen (secondary N) is 2. The molecule has 0 aliphatic heterocycles. The molecule has 1 saturated carbocycles. The Morgan fingerprint density at radius 2 is 1.20 bits per heavy atom. The van der Waals surface area contributed by atoms with Crippen LogP contribution < -0.4 is 10.6 Å². The minimum Gasteiger partial charge on any atom is -0.466 e. The third-order valence-corrected chi connectivity index (χ3v) is 6.49. The molecule has 1 aliphatic carbocycles. The third-order valence-electron chi connectivity index (χ3n) is 6.49. The number of carbonyl (C=O) groups is 3. The van der Waals surface area contributed by atoms with Gasteiger partial charge in [-0.1, -0.05) is 79.8 Å². The van der Waals surface area contributed by atoms with Gasteiger partial charge in [0.05, 0.1) is 7.11 Å². The van der Waals surface area contributed by atoms with Crippen LogP contribution in [-0.2, 0) is 19.1 Å². The van der Waals surface area contributed by atoms with Crippen molar-refractivity contribution in [2.45, 2.75) is 90.0 Å². The molecular formula is C34H50N2O4. The molecule has 0 radical (unpaired) electrons. The Morgan fingerprint density at radius 1 is 0.700 bits per heavy atom.